The van der Waals surface area contributed by atoms with Crippen LogP contribution >= 0.6 is 0 Å². The molecule has 1 saturated carbocycles. The lowest BCUT2D eigenvalue weighted by molar-refractivity contribution is -0.137. The van der Waals surface area contributed by atoms with Crippen LogP contribution in [0.2, 0.25) is 0 Å². The third-order valence-corrected chi connectivity index (χ3v) is 11.0. The molecule has 1 aliphatic heterocycles. The lowest BCUT2D eigenvalue weighted by Gasteiger charge is -2.30. The number of rotatable bonds is 8. The summed E-state index contributed by atoms with van der Waals surface area (Å²) < 4.78 is 83.5. The van der Waals surface area contributed by atoms with Gasteiger partial charge in [-0.15, -0.1) is 0 Å². The number of aryl methyl sites for hydroxylation is 2. The second-order valence-corrected chi connectivity index (χ2v) is 14.1. The molecule has 15 heteroatoms. The number of pyridine rings is 1. The standard InChI is InChI=1S/C33H34F3N7O4S/c1-19-29(20(2)47-41-19)27-13-12-23-24(18-43(31(23)38-27)48(44,45)22-8-5-4-6-9-22)30-25(33(34,35)36)16-37-32(40-30)39-26-10-7-11-28(26)42-15-14-21(17-42)46-3/h4-6,8-9,12-13,16,18,21,26,28H,7,10-11,14-15,17H2,1-3H3,(H,37,39,40)/t21?,26-,28-/m0/s1. The molecule has 2 aliphatic rings. The molecule has 0 amide bonds. The Balaban J connectivity index is 1.37. The lowest BCUT2D eigenvalue weighted by Crippen LogP contribution is -2.43. The number of methoxy groups -OCH3 is 1. The van der Waals surface area contributed by atoms with Gasteiger partial charge in [-0.1, -0.05) is 23.4 Å². The summed E-state index contributed by atoms with van der Waals surface area (Å²) in [6, 6.07) is 10.9. The third kappa shape index (κ3) is 5.73. The van der Waals surface area contributed by atoms with Crippen LogP contribution in [0.15, 0.2) is 64.3 Å². The largest absolute Gasteiger partial charge is 0.419 e. The first-order valence-corrected chi connectivity index (χ1v) is 17.1. The number of alkyl halides is 3. The molecule has 252 valence electrons. The van der Waals surface area contributed by atoms with E-state index in [1.807, 2.05) is 0 Å². The predicted molar refractivity (Wildman–Crippen MR) is 172 cm³/mol. The number of ether oxygens (including phenoxy) is 1. The molecule has 4 aromatic heterocycles. The normalized spacial score (nSPS) is 20.6. The van der Waals surface area contributed by atoms with Crippen LogP contribution in [0, 0.1) is 13.8 Å². The van der Waals surface area contributed by atoms with Crippen molar-refractivity contribution in [2.45, 2.75) is 68.8 Å². The van der Waals surface area contributed by atoms with E-state index in [1.54, 1.807) is 51.3 Å². The Hall–Kier alpha value is -4.34. The van der Waals surface area contributed by atoms with E-state index in [-0.39, 0.29) is 45.6 Å². The van der Waals surface area contributed by atoms with Crippen molar-refractivity contribution in [3.63, 3.8) is 0 Å². The van der Waals surface area contributed by atoms with Crippen LogP contribution in [0.25, 0.3) is 33.5 Å². The highest BCUT2D eigenvalue weighted by Gasteiger charge is 2.39. The summed E-state index contributed by atoms with van der Waals surface area (Å²) >= 11 is 0. The highest BCUT2D eigenvalue weighted by atomic mass is 32.2. The van der Waals surface area contributed by atoms with Crippen molar-refractivity contribution in [2.75, 3.05) is 25.5 Å². The second-order valence-electron chi connectivity index (χ2n) is 12.3. The van der Waals surface area contributed by atoms with Crippen LogP contribution in [0.3, 0.4) is 0 Å². The number of nitrogens with one attached hydrogen (secondary N) is 1. The average Bonchev–Trinajstić information content (AvgIpc) is 3.87. The Kier molecular flexibility index (Phi) is 8.24. The summed E-state index contributed by atoms with van der Waals surface area (Å²) in [6.07, 6.45) is 0.851. The number of hydrogen-bond acceptors (Lipinski definition) is 10. The van der Waals surface area contributed by atoms with Gasteiger partial charge in [-0.05, 0) is 63.8 Å². The molecule has 0 radical (unpaired) electrons. The SMILES string of the molecule is COC1CCN([C@H]2CCC[C@@H]2Nc2ncc(C(F)(F)F)c(-c3cn(S(=O)(=O)c4ccccc4)c4nc(-c5c(C)noc5C)ccc34)n2)C1. The first-order chi connectivity index (χ1) is 23.0. The number of likely N-dealkylation sites (tertiary alicyclic amines) is 1. The minimum Gasteiger partial charge on any atom is -0.380 e. The van der Waals surface area contributed by atoms with Crippen LogP contribution in [-0.2, 0) is 20.9 Å². The minimum atomic E-state index is -4.83. The molecule has 48 heavy (non-hydrogen) atoms. The van der Waals surface area contributed by atoms with Gasteiger partial charge in [0.1, 0.15) is 11.3 Å². The number of nitrogens with zero attached hydrogens (tertiary/aromatic N) is 6. The van der Waals surface area contributed by atoms with Crippen molar-refractivity contribution < 1.29 is 30.8 Å². The molecular weight excluding hydrogens is 647 g/mol. The van der Waals surface area contributed by atoms with Gasteiger partial charge in [0.15, 0.2) is 5.65 Å². The molecule has 7 rings (SSSR count). The summed E-state index contributed by atoms with van der Waals surface area (Å²) in [7, 11) is -2.60. The van der Waals surface area contributed by atoms with Crippen molar-refractivity contribution in [1.29, 1.82) is 0 Å². The quantitative estimate of drug-likeness (QED) is 0.206. The molecule has 1 aromatic carbocycles. The minimum absolute atomic E-state index is 0.0319. The fraction of sp³-hybridized carbons (Fsp3) is 0.394. The zero-order valence-corrected chi connectivity index (χ0v) is 27.3. The third-order valence-electron chi connectivity index (χ3n) is 9.33. The van der Waals surface area contributed by atoms with Gasteiger partial charge < -0.3 is 14.6 Å². The number of hydrogen-bond donors (Lipinski definition) is 1. The van der Waals surface area contributed by atoms with Crippen LogP contribution < -0.4 is 5.32 Å². The van der Waals surface area contributed by atoms with E-state index in [0.29, 0.717) is 22.7 Å². The van der Waals surface area contributed by atoms with E-state index in [0.717, 1.165) is 55.1 Å². The van der Waals surface area contributed by atoms with Crippen LogP contribution in [0.4, 0.5) is 19.1 Å². The van der Waals surface area contributed by atoms with Gasteiger partial charge in [-0.2, -0.15) is 13.2 Å². The molecule has 0 bridgehead atoms. The van der Waals surface area contributed by atoms with Crippen molar-refractivity contribution in [3.8, 4) is 22.5 Å². The Labute approximate surface area is 275 Å². The van der Waals surface area contributed by atoms with Crippen molar-refractivity contribution >= 4 is 27.0 Å². The van der Waals surface area contributed by atoms with Crippen LogP contribution in [-0.4, -0.2) is 75.8 Å². The number of halogens is 3. The molecule has 0 spiro atoms. The predicted octanol–water partition coefficient (Wildman–Crippen LogP) is 6.07. The number of aromatic nitrogens is 5. The Morgan fingerprint density at radius 2 is 1.83 bits per heavy atom. The summed E-state index contributed by atoms with van der Waals surface area (Å²) in [5.41, 5.74) is -0.201. The van der Waals surface area contributed by atoms with Gasteiger partial charge >= 0.3 is 6.18 Å². The van der Waals surface area contributed by atoms with Gasteiger partial charge in [0.25, 0.3) is 10.0 Å². The monoisotopic (exact) mass is 681 g/mol. The first kappa shape index (κ1) is 32.2. The van der Waals surface area contributed by atoms with Gasteiger partial charge in [-0.25, -0.2) is 27.3 Å². The average molecular weight is 682 g/mol. The maximum Gasteiger partial charge on any atom is 0.419 e. The smallest absolute Gasteiger partial charge is 0.380 e. The van der Waals surface area contributed by atoms with Crippen molar-refractivity contribution in [3.05, 3.63) is 71.9 Å². The van der Waals surface area contributed by atoms with E-state index >= 15 is 0 Å². The van der Waals surface area contributed by atoms with E-state index in [1.165, 1.54) is 12.1 Å². The molecule has 1 unspecified atom stereocenters. The molecule has 1 saturated heterocycles. The molecule has 3 atom stereocenters. The highest BCUT2D eigenvalue weighted by Crippen LogP contribution is 2.41. The fourth-order valence-electron chi connectivity index (χ4n) is 6.96. The van der Waals surface area contributed by atoms with Crippen molar-refractivity contribution in [1.82, 2.24) is 29.0 Å². The Bertz CT molecular complexity index is 2060. The topological polar surface area (TPSA) is 128 Å². The van der Waals surface area contributed by atoms with Crippen LogP contribution in [0.1, 0.15) is 42.7 Å². The Morgan fingerprint density at radius 1 is 1.04 bits per heavy atom. The number of benzene rings is 1. The van der Waals surface area contributed by atoms with Gasteiger partial charge in [0.05, 0.1) is 33.6 Å². The molecule has 11 nitrogen and oxygen atoms in total. The highest BCUT2D eigenvalue weighted by molar-refractivity contribution is 7.90. The van der Waals surface area contributed by atoms with Crippen LogP contribution in [0.5, 0.6) is 0 Å². The van der Waals surface area contributed by atoms with Crippen molar-refractivity contribution in [2.24, 2.45) is 0 Å². The maximum absolute atomic E-state index is 14.6. The van der Waals surface area contributed by atoms with Gasteiger partial charge in [-0.3, -0.25) is 4.90 Å². The number of fused-ring (bicyclic) bond motifs is 1. The van der Waals surface area contributed by atoms with Gasteiger partial charge in [0, 0.05) is 55.6 Å². The van der Waals surface area contributed by atoms with Gasteiger partial charge in [0.2, 0.25) is 5.95 Å². The van der Waals surface area contributed by atoms with E-state index in [2.05, 4.69) is 30.3 Å². The molecular formula is C33H34F3N7O4S. The summed E-state index contributed by atoms with van der Waals surface area (Å²) in [6.45, 7) is 5.09. The zero-order chi connectivity index (χ0) is 33.8. The first-order valence-electron chi connectivity index (χ1n) is 15.7. The second kappa shape index (κ2) is 12.3. The van der Waals surface area contributed by atoms with E-state index in [4.69, 9.17) is 9.26 Å². The maximum atomic E-state index is 14.6. The molecule has 1 N–H and O–H groups in total. The Morgan fingerprint density at radius 3 is 2.52 bits per heavy atom. The molecule has 2 fully saturated rings. The lowest BCUT2D eigenvalue weighted by atomic mass is 10.1. The molecule has 1 aliphatic carbocycles. The van der Waals surface area contributed by atoms with E-state index in [9.17, 15) is 21.6 Å². The van der Waals surface area contributed by atoms with E-state index < -0.39 is 27.5 Å². The molecule has 5 aromatic rings. The number of anilines is 1. The zero-order valence-electron chi connectivity index (χ0n) is 26.5. The fourth-order valence-corrected chi connectivity index (χ4v) is 8.30. The summed E-state index contributed by atoms with van der Waals surface area (Å²) in [5.74, 6) is 0.496. The summed E-state index contributed by atoms with van der Waals surface area (Å²) in [5, 5.41) is 7.45. The summed E-state index contributed by atoms with van der Waals surface area (Å²) in [4.78, 5) is 15.5. The molecule has 5 heterocycles.